The lowest BCUT2D eigenvalue weighted by atomic mass is 9.99. The van der Waals surface area contributed by atoms with E-state index in [1.807, 2.05) is 49.4 Å². The molecule has 3 heteroatoms. The lowest BCUT2D eigenvalue weighted by Gasteiger charge is -2.27. The van der Waals surface area contributed by atoms with E-state index in [9.17, 15) is 4.79 Å². The molecule has 0 saturated heterocycles. The molecule has 0 radical (unpaired) electrons. The summed E-state index contributed by atoms with van der Waals surface area (Å²) in [6.45, 7) is 4.12. The first-order chi connectivity index (χ1) is 9.09. The highest BCUT2D eigenvalue weighted by Crippen LogP contribution is 2.20. The summed E-state index contributed by atoms with van der Waals surface area (Å²) in [6, 6.07) is 13.8. The Kier molecular flexibility index (Phi) is 4.25. The van der Waals surface area contributed by atoms with Gasteiger partial charge < -0.3 is 5.32 Å². The number of amides is 1. The van der Waals surface area contributed by atoms with Gasteiger partial charge in [0.2, 0.25) is 0 Å². The van der Waals surface area contributed by atoms with E-state index in [0.717, 1.165) is 28.1 Å². The van der Waals surface area contributed by atoms with Crippen molar-refractivity contribution in [1.29, 1.82) is 0 Å². The van der Waals surface area contributed by atoms with Crippen molar-refractivity contribution in [3.05, 3.63) is 48.0 Å². The SMILES string of the molecule is CCC(C)(CBr)NC(=O)c1cccc2ccccc12. The smallest absolute Gasteiger partial charge is 0.252 e. The van der Waals surface area contributed by atoms with Crippen LogP contribution in [0.5, 0.6) is 0 Å². The van der Waals surface area contributed by atoms with Crippen molar-refractivity contribution in [2.45, 2.75) is 25.8 Å². The fourth-order valence-electron chi connectivity index (χ4n) is 1.98. The zero-order valence-corrected chi connectivity index (χ0v) is 12.8. The molecule has 1 amide bonds. The van der Waals surface area contributed by atoms with Gasteiger partial charge in [0.1, 0.15) is 0 Å². The molecule has 0 fully saturated rings. The van der Waals surface area contributed by atoms with Crippen LogP contribution in [0.15, 0.2) is 42.5 Å². The Bertz CT molecular complexity index is 585. The summed E-state index contributed by atoms with van der Waals surface area (Å²) in [5.74, 6) is -0.0133. The van der Waals surface area contributed by atoms with Crippen molar-refractivity contribution in [3.63, 3.8) is 0 Å². The van der Waals surface area contributed by atoms with Gasteiger partial charge in [-0.15, -0.1) is 0 Å². The zero-order valence-electron chi connectivity index (χ0n) is 11.2. The molecule has 0 aliphatic rings. The Morgan fingerprint density at radius 1 is 1.21 bits per heavy atom. The van der Waals surface area contributed by atoms with Crippen LogP contribution in [0, 0.1) is 0 Å². The number of carbonyl (C=O) groups is 1. The first-order valence-corrected chi connectivity index (χ1v) is 7.58. The molecule has 2 aromatic carbocycles. The Morgan fingerprint density at radius 2 is 1.89 bits per heavy atom. The van der Waals surface area contributed by atoms with Gasteiger partial charge in [-0.25, -0.2) is 0 Å². The number of benzene rings is 2. The molecule has 0 aromatic heterocycles. The number of hydrogen-bond donors (Lipinski definition) is 1. The summed E-state index contributed by atoms with van der Waals surface area (Å²) in [5.41, 5.74) is 0.521. The third-order valence-electron chi connectivity index (χ3n) is 3.52. The summed E-state index contributed by atoms with van der Waals surface area (Å²) in [4.78, 5) is 12.5. The number of halogens is 1. The predicted octanol–water partition coefficient (Wildman–Crippen LogP) is 4.13. The van der Waals surface area contributed by atoms with Gasteiger partial charge >= 0.3 is 0 Å². The average molecular weight is 320 g/mol. The lowest BCUT2D eigenvalue weighted by Crippen LogP contribution is -2.47. The fraction of sp³-hybridized carbons (Fsp3) is 0.312. The second kappa shape index (κ2) is 5.74. The quantitative estimate of drug-likeness (QED) is 0.843. The average Bonchev–Trinajstić information content (AvgIpc) is 2.46. The van der Waals surface area contributed by atoms with Crippen LogP contribution >= 0.6 is 15.9 Å². The van der Waals surface area contributed by atoms with Crippen LogP contribution in [0.25, 0.3) is 10.8 Å². The van der Waals surface area contributed by atoms with Crippen LogP contribution in [-0.2, 0) is 0 Å². The Hall–Kier alpha value is -1.35. The zero-order chi connectivity index (χ0) is 13.9. The second-order valence-corrected chi connectivity index (χ2v) is 5.59. The minimum Gasteiger partial charge on any atom is -0.346 e. The molecular formula is C16H18BrNO. The van der Waals surface area contributed by atoms with Crippen molar-refractivity contribution in [3.8, 4) is 0 Å². The van der Waals surface area contributed by atoms with Crippen molar-refractivity contribution < 1.29 is 4.79 Å². The molecule has 0 aliphatic heterocycles. The van der Waals surface area contributed by atoms with E-state index in [1.165, 1.54) is 0 Å². The van der Waals surface area contributed by atoms with Crippen molar-refractivity contribution in [2.75, 3.05) is 5.33 Å². The fourth-order valence-corrected chi connectivity index (χ4v) is 2.52. The highest BCUT2D eigenvalue weighted by atomic mass is 79.9. The maximum Gasteiger partial charge on any atom is 0.252 e. The number of carbonyl (C=O) groups excluding carboxylic acids is 1. The Labute approximate surface area is 122 Å². The third-order valence-corrected chi connectivity index (χ3v) is 4.76. The van der Waals surface area contributed by atoms with Crippen LogP contribution in [0.2, 0.25) is 0 Å². The molecule has 1 atom stereocenters. The third kappa shape index (κ3) is 2.98. The first-order valence-electron chi connectivity index (χ1n) is 6.46. The molecule has 1 N–H and O–H groups in total. The summed E-state index contributed by atoms with van der Waals surface area (Å²) >= 11 is 3.47. The van der Waals surface area contributed by atoms with Gasteiger partial charge in [0.15, 0.2) is 0 Å². The summed E-state index contributed by atoms with van der Waals surface area (Å²) in [5, 5.41) is 5.94. The summed E-state index contributed by atoms with van der Waals surface area (Å²) in [7, 11) is 0. The van der Waals surface area contributed by atoms with E-state index >= 15 is 0 Å². The lowest BCUT2D eigenvalue weighted by molar-refractivity contribution is 0.0915. The standard InChI is InChI=1S/C16H18BrNO/c1-3-16(2,11-17)18-15(19)14-10-6-8-12-7-4-5-9-13(12)14/h4-10H,3,11H2,1-2H3,(H,18,19). The van der Waals surface area contributed by atoms with Crippen LogP contribution in [0.1, 0.15) is 30.6 Å². The molecule has 0 aliphatic carbocycles. The first kappa shape index (κ1) is 14.1. The second-order valence-electron chi connectivity index (χ2n) is 5.03. The number of nitrogens with one attached hydrogen (secondary N) is 1. The van der Waals surface area contributed by atoms with Gasteiger partial charge in [0.25, 0.3) is 5.91 Å². The minimum absolute atomic E-state index is 0.0133. The van der Waals surface area contributed by atoms with Gasteiger partial charge in [-0.05, 0) is 30.2 Å². The maximum atomic E-state index is 12.5. The number of alkyl halides is 1. The number of fused-ring (bicyclic) bond motifs is 1. The minimum atomic E-state index is -0.214. The van der Waals surface area contributed by atoms with Crippen LogP contribution in [0.4, 0.5) is 0 Å². The molecule has 19 heavy (non-hydrogen) atoms. The number of rotatable bonds is 4. The monoisotopic (exact) mass is 319 g/mol. The maximum absolute atomic E-state index is 12.5. The van der Waals surface area contributed by atoms with E-state index in [2.05, 4.69) is 28.2 Å². The van der Waals surface area contributed by atoms with Crippen molar-refractivity contribution in [2.24, 2.45) is 0 Å². The Balaban J connectivity index is 2.37. The van der Waals surface area contributed by atoms with E-state index < -0.39 is 0 Å². The van der Waals surface area contributed by atoms with Crippen LogP contribution in [-0.4, -0.2) is 16.8 Å². The summed E-state index contributed by atoms with van der Waals surface area (Å²) in [6.07, 6.45) is 0.884. The van der Waals surface area contributed by atoms with Gasteiger partial charge in [-0.2, -0.15) is 0 Å². The highest BCUT2D eigenvalue weighted by molar-refractivity contribution is 9.09. The highest BCUT2D eigenvalue weighted by Gasteiger charge is 2.24. The molecular weight excluding hydrogens is 302 g/mol. The predicted molar refractivity (Wildman–Crippen MR) is 83.9 cm³/mol. The van der Waals surface area contributed by atoms with Gasteiger partial charge in [0, 0.05) is 16.4 Å². The van der Waals surface area contributed by atoms with Crippen LogP contribution < -0.4 is 5.32 Å². The summed E-state index contributed by atoms with van der Waals surface area (Å²) < 4.78 is 0. The van der Waals surface area contributed by atoms with E-state index in [1.54, 1.807) is 0 Å². The largest absolute Gasteiger partial charge is 0.346 e. The number of hydrogen-bond acceptors (Lipinski definition) is 1. The van der Waals surface area contributed by atoms with Crippen molar-refractivity contribution in [1.82, 2.24) is 5.32 Å². The molecule has 100 valence electrons. The molecule has 2 nitrogen and oxygen atoms in total. The molecule has 2 aromatic rings. The molecule has 0 bridgehead atoms. The Morgan fingerprint density at radius 3 is 2.58 bits per heavy atom. The van der Waals surface area contributed by atoms with E-state index in [0.29, 0.717) is 0 Å². The van der Waals surface area contributed by atoms with E-state index in [-0.39, 0.29) is 11.4 Å². The molecule has 0 heterocycles. The molecule has 0 saturated carbocycles. The van der Waals surface area contributed by atoms with Gasteiger partial charge in [0.05, 0.1) is 0 Å². The molecule has 0 spiro atoms. The van der Waals surface area contributed by atoms with Crippen molar-refractivity contribution >= 4 is 32.6 Å². The van der Waals surface area contributed by atoms with Gasteiger partial charge in [-0.3, -0.25) is 4.79 Å². The normalized spacial score (nSPS) is 14.1. The van der Waals surface area contributed by atoms with Crippen LogP contribution in [0.3, 0.4) is 0 Å². The topological polar surface area (TPSA) is 29.1 Å². The van der Waals surface area contributed by atoms with Gasteiger partial charge in [-0.1, -0.05) is 59.3 Å². The van der Waals surface area contributed by atoms with E-state index in [4.69, 9.17) is 0 Å². The molecule has 2 rings (SSSR count). The molecule has 1 unspecified atom stereocenters.